The van der Waals surface area contributed by atoms with E-state index in [4.69, 9.17) is 18.9 Å². The minimum atomic E-state index is 0.591. The Balaban J connectivity index is 1.25. The molecule has 206 valence electrons. The van der Waals surface area contributed by atoms with Gasteiger partial charge in [0, 0.05) is 24.0 Å². The van der Waals surface area contributed by atoms with Gasteiger partial charge in [0.05, 0.1) is 13.2 Å². The van der Waals surface area contributed by atoms with Crippen molar-refractivity contribution in [3.63, 3.8) is 0 Å². The van der Waals surface area contributed by atoms with Gasteiger partial charge < -0.3 is 18.9 Å². The molecule has 4 aromatic carbocycles. The Hall–Kier alpha value is -5.68. The zero-order chi connectivity index (χ0) is 29.2. The standard InChI is InChI=1S/C38H30O4/c1-3-39-29-7-11-33-17-25-37(26-18-33)41-35-21-13-31(14-22-35)9-5-6-10-32-15-23-36(24-16-32)42-38-27-19-34(20-28-38)12-8-30-40-4-2/h13-28H,3-4,11-12H2,1-2H3. The first kappa shape index (κ1) is 29.3. The molecule has 0 radical (unpaired) electrons. The molecular formula is C38H30O4. The van der Waals surface area contributed by atoms with Crippen molar-refractivity contribution >= 4 is 0 Å². The molecule has 0 aliphatic rings. The van der Waals surface area contributed by atoms with Crippen molar-refractivity contribution in [2.75, 3.05) is 13.2 Å². The van der Waals surface area contributed by atoms with Crippen molar-refractivity contribution in [3.05, 3.63) is 119 Å². The minimum absolute atomic E-state index is 0.591. The van der Waals surface area contributed by atoms with Crippen molar-refractivity contribution in [1.29, 1.82) is 0 Å². The Morgan fingerprint density at radius 1 is 0.452 bits per heavy atom. The van der Waals surface area contributed by atoms with E-state index in [1.165, 1.54) is 0 Å². The molecule has 0 aliphatic carbocycles. The molecule has 4 heteroatoms. The summed E-state index contributed by atoms with van der Waals surface area (Å²) in [5.41, 5.74) is 3.92. The van der Waals surface area contributed by atoms with Gasteiger partial charge in [0.15, 0.2) is 0 Å². The molecule has 42 heavy (non-hydrogen) atoms. The van der Waals surface area contributed by atoms with Crippen LogP contribution in [0.5, 0.6) is 23.0 Å². The number of benzene rings is 4. The zero-order valence-electron chi connectivity index (χ0n) is 23.7. The van der Waals surface area contributed by atoms with Gasteiger partial charge in [-0.15, -0.1) is 0 Å². The van der Waals surface area contributed by atoms with Crippen molar-refractivity contribution in [2.45, 2.75) is 26.7 Å². The van der Waals surface area contributed by atoms with Gasteiger partial charge in [-0.05, 0) is 110 Å². The second kappa shape index (κ2) is 16.4. The largest absolute Gasteiger partial charge is 0.457 e. The van der Waals surface area contributed by atoms with E-state index in [1.807, 2.05) is 111 Å². The van der Waals surface area contributed by atoms with Crippen molar-refractivity contribution in [2.24, 2.45) is 0 Å². The van der Waals surface area contributed by atoms with Gasteiger partial charge in [-0.3, -0.25) is 0 Å². The van der Waals surface area contributed by atoms with E-state index in [2.05, 4.69) is 47.7 Å². The molecule has 0 saturated heterocycles. The molecule has 0 unspecified atom stereocenters. The van der Waals surface area contributed by atoms with Crippen LogP contribution in [0.1, 0.15) is 36.1 Å². The summed E-state index contributed by atoms with van der Waals surface area (Å²) in [4.78, 5) is 0. The number of hydrogen-bond acceptors (Lipinski definition) is 4. The molecule has 0 amide bonds. The fraction of sp³-hybridized carbons (Fsp3) is 0.158. The van der Waals surface area contributed by atoms with Gasteiger partial charge in [0.25, 0.3) is 0 Å². The highest BCUT2D eigenvalue weighted by atomic mass is 16.5. The van der Waals surface area contributed by atoms with Gasteiger partial charge in [-0.25, -0.2) is 0 Å². The smallest absolute Gasteiger partial charge is 0.127 e. The topological polar surface area (TPSA) is 36.9 Å². The number of ether oxygens (including phenoxy) is 4. The molecule has 0 saturated carbocycles. The van der Waals surface area contributed by atoms with Crippen LogP contribution in [0, 0.1) is 47.7 Å². The lowest BCUT2D eigenvalue weighted by molar-refractivity contribution is 0.298. The third kappa shape index (κ3) is 10.1. The number of hydrogen-bond donors (Lipinski definition) is 0. The Bertz CT molecular complexity index is 1540. The summed E-state index contributed by atoms with van der Waals surface area (Å²) in [5, 5.41) is 0. The van der Waals surface area contributed by atoms with Crippen LogP contribution in [0.3, 0.4) is 0 Å². The molecule has 0 spiro atoms. The first-order valence-corrected chi connectivity index (χ1v) is 13.7. The summed E-state index contributed by atoms with van der Waals surface area (Å²) in [7, 11) is 0. The van der Waals surface area contributed by atoms with Crippen LogP contribution < -0.4 is 9.47 Å². The molecule has 0 N–H and O–H groups in total. The monoisotopic (exact) mass is 550 g/mol. The summed E-state index contributed by atoms with van der Waals surface area (Å²) in [6.07, 6.45) is 6.63. The van der Waals surface area contributed by atoms with E-state index < -0.39 is 0 Å². The van der Waals surface area contributed by atoms with Gasteiger partial charge in [0.1, 0.15) is 35.2 Å². The predicted octanol–water partition coefficient (Wildman–Crippen LogP) is 7.75. The quantitative estimate of drug-likeness (QED) is 0.210. The van der Waals surface area contributed by atoms with E-state index >= 15 is 0 Å². The van der Waals surface area contributed by atoms with Gasteiger partial charge in [0.2, 0.25) is 0 Å². The van der Waals surface area contributed by atoms with E-state index in [1.54, 1.807) is 0 Å². The molecule has 0 aliphatic heterocycles. The fourth-order valence-corrected chi connectivity index (χ4v) is 3.57. The maximum atomic E-state index is 5.93. The second-order valence-electron chi connectivity index (χ2n) is 8.82. The van der Waals surface area contributed by atoms with Crippen molar-refractivity contribution in [3.8, 4) is 70.7 Å². The predicted molar refractivity (Wildman–Crippen MR) is 166 cm³/mol. The van der Waals surface area contributed by atoms with E-state index in [9.17, 15) is 0 Å². The lowest BCUT2D eigenvalue weighted by atomic mass is 10.1. The molecule has 0 heterocycles. The van der Waals surface area contributed by atoms with Crippen LogP contribution in [0.4, 0.5) is 0 Å². The molecule has 0 bridgehead atoms. The summed E-state index contributed by atoms with van der Waals surface area (Å²) < 4.78 is 21.9. The maximum Gasteiger partial charge on any atom is 0.127 e. The lowest BCUT2D eigenvalue weighted by Gasteiger charge is -2.06. The van der Waals surface area contributed by atoms with Crippen LogP contribution in [-0.4, -0.2) is 13.2 Å². The number of rotatable bonds is 8. The molecule has 4 rings (SSSR count). The lowest BCUT2D eigenvalue weighted by Crippen LogP contribution is -1.87. The summed E-state index contributed by atoms with van der Waals surface area (Å²) in [6.45, 7) is 5.01. The normalized spacial score (nSPS) is 9.29. The Morgan fingerprint density at radius 3 is 1.12 bits per heavy atom. The van der Waals surface area contributed by atoms with Crippen LogP contribution in [0.25, 0.3) is 0 Å². The van der Waals surface area contributed by atoms with Crippen molar-refractivity contribution in [1.82, 2.24) is 0 Å². The Kier molecular flexibility index (Phi) is 11.5. The molecule has 0 atom stereocenters. The highest BCUT2D eigenvalue weighted by Gasteiger charge is 2.00. The van der Waals surface area contributed by atoms with Crippen LogP contribution in [-0.2, 0) is 22.3 Å². The first-order chi connectivity index (χ1) is 20.7. The second-order valence-corrected chi connectivity index (χ2v) is 8.82. The van der Waals surface area contributed by atoms with Crippen LogP contribution in [0.2, 0.25) is 0 Å². The summed E-state index contributed by atoms with van der Waals surface area (Å²) >= 11 is 0. The average Bonchev–Trinajstić information content (AvgIpc) is 3.03. The molecular weight excluding hydrogens is 520 g/mol. The molecule has 4 nitrogen and oxygen atoms in total. The summed E-state index contributed by atoms with van der Waals surface area (Å²) in [5.74, 6) is 20.9. The first-order valence-electron chi connectivity index (χ1n) is 13.7. The Labute approximate surface area is 248 Å². The van der Waals surface area contributed by atoms with Gasteiger partial charge in [-0.1, -0.05) is 47.9 Å². The molecule has 0 aromatic heterocycles. The van der Waals surface area contributed by atoms with Crippen LogP contribution >= 0.6 is 0 Å². The van der Waals surface area contributed by atoms with Gasteiger partial charge >= 0.3 is 0 Å². The highest BCUT2D eigenvalue weighted by Crippen LogP contribution is 2.23. The highest BCUT2D eigenvalue weighted by molar-refractivity contribution is 5.47. The Morgan fingerprint density at radius 2 is 0.786 bits per heavy atom. The van der Waals surface area contributed by atoms with Gasteiger partial charge in [-0.2, -0.15) is 0 Å². The maximum absolute atomic E-state index is 5.93. The van der Waals surface area contributed by atoms with Crippen LogP contribution in [0.15, 0.2) is 97.1 Å². The van der Waals surface area contributed by atoms with E-state index in [0.717, 1.165) is 45.3 Å². The van der Waals surface area contributed by atoms with E-state index in [-0.39, 0.29) is 0 Å². The average molecular weight is 551 g/mol. The fourth-order valence-electron chi connectivity index (χ4n) is 3.57. The summed E-state index contributed by atoms with van der Waals surface area (Å²) in [6, 6.07) is 30.9. The molecule has 0 fully saturated rings. The zero-order valence-corrected chi connectivity index (χ0v) is 23.7. The minimum Gasteiger partial charge on any atom is -0.457 e. The SMILES string of the molecule is CCOC#CCc1ccc(Oc2ccc(C#CC#Cc3ccc(Oc4ccc(CC#COCC)cc4)cc3)cc2)cc1. The molecule has 4 aromatic rings. The third-order valence-electron chi connectivity index (χ3n) is 5.67. The van der Waals surface area contributed by atoms with Crippen molar-refractivity contribution < 1.29 is 18.9 Å². The third-order valence-corrected chi connectivity index (χ3v) is 5.67. The van der Waals surface area contributed by atoms with E-state index in [0.29, 0.717) is 26.1 Å².